The normalized spacial score (nSPS) is 7.93. The summed E-state index contributed by atoms with van der Waals surface area (Å²) in [4.78, 5) is 0. The van der Waals surface area contributed by atoms with Gasteiger partial charge in [0.25, 0.3) is 0 Å². The second-order valence-electron chi connectivity index (χ2n) is 2.08. The molecule has 0 radical (unpaired) electrons. The Balaban J connectivity index is 0. The predicted molar refractivity (Wildman–Crippen MR) is 55.5 cm³/mol. The SMILES string of the molecule is CC.CC.Cc1cc(F)c(O)c(F)c1. The predicted octanol–water partition coefficient (Wildman–Crippen LogP) is 4.03. The zero-order valence-corrected chi connectivity index (χ0v) is 9.36. The smallest absolute Gasteiger partial charge is 0.187 e. The average molecular weight is 204 g/mol. The Morgan fingerprint density at radius 3 is 1.50 bits per heavy atom. The van der Waals surface area contributed by atoms with Crippen LogP contribution >= 0.6 is 0 Å². The molecule has 0 atom stereocenters. The molecule has 0 unspecified atom stereocenters. The number of halogens is 2. The van der Waals surface area contributed by atoms with E-state index in [-0.39, 0.29) is 0 Å². The van der Waals surface area contributed by atoms with Crippen molar-refractivity contribution >= 4 is 0 Å². The summed E-state index contributed by atoms with van der Waals surface area (Å²) in [6.45, 7) is 9.55. The molecule has 0 aliphatic carbocycles. The van der Waals surface area contributed by atoms with Gasteiger partial charge >= 0.3 is 0 Å². The fourth-order valence-electron chi connectivity index (χ4n) is 0.692. The molecule has 0 amide bonds. The Labute approximate surface area is 84.4 Å². The molecule has 14 heavy (non-hydrogen) atoms. The molecule has 0 aliphatic rings. The highest BCUT2D eigenvalue weighted by atomic mass is 19.1. The van der Waals surface area contributed by atoms with E-state index in [1.807, 2.05) is 27.7 Å². The second-order valence-corrected chi connectivity index (χ2v) is 2.08. The molecule has 1 aromatic carbocycles. The van der Waals surface area contributed by atoms with Crippen LogP contribution in [0.1, 0.15) is 33.3 Å². The summed E-state index contributed by atoms with van der Waals surface area (Å²) in [5.41, 5.74) is 0.452. The Bertz CT molecular complexity index is 236. The molecule has 0 bridgehead atoms. The highest BCUT2D eigenvalue weighted by Gasteiger charge is 2.06. The molecular weight excluding hydrogens is 186 g/mol. The third kappa shape index (κ3) is 4.80. The quantitative estimate of drug-likeness (QED) is 0.676. The Morgan fingerprint density at radius 1 is 0.929 bits per heavy atom. The summed E-state index contributed by atoms with van der Waals surface area (Å²) in [5.74, 6) is -2.75. The van der Waals surface area contributed by atoms with E-state index in [1.165, 1.54) is 0 Å². The van der Waals surface area contributed by atoms with Gasteiger partial charge in [-0.15, -0.1) is 0 Å². The van der Waals surface area contributed by atoms with E-state index >= 15 is 0 Å². The van der Waals surface area contributed by atoms with Crippen molar-refractivity contribution in [2.45, 2.75) is 34.6 Å². The standard InChI is InChI=1S/C7H6F2O.2C2H6/c1-4-2-5(8)7(10)6(9)3-4;2*1-2/h2-3,10H,1H3;2*1-2H3. The van der Waals surface area contributed by atoms with Crippen molar-refractivity contribution in [1.82, 2.24) is 0 Å². The van der Waals surface area contributed by atoms with E-state index in [4.69, 9.17) is 5.11 Å². The van der Waals surface area contributed by atoms with Crippen LogP contribution in [0.5, 0.6) is 5.75 Å². The van der Waals surface area contributed by atoms with Gasteiger partial charge in [-0.25, -0.2) is 8.78 Å². The lowest BCUT2D eigenvalue weighted by molar-refractivity contribution is 0.395. The van der Waals surface area contributed by atoms with Crippen LogP contribution in [0.2, 0.25) is 0 Å². The lowest BCUT2D eigenvalue weighted by Gasteiger charge is -1.97. The Kier molecular flexibility index (Phi) is 9.30. The van der Waals surface area contributed by atoms with Crippen LogP contribution in [0.25, 0.3) is 0 Å². The summed E-state index contributed by atoms with van der Waals surface area (Å²) in [6, 6.07) is 2.14. The third-order valence-electron chi connectivity index (χ3n) is 1.16. The lowest BCUT2D eigenvalue weighted by Crippen LogP contribution is -1.83. The van der Waals surface area contributed by atoms with Gasteiger partial charge in [-0.2, -0.15) is 0 Å². The van der Waals surface area contributed by atoms with Crippen LogP contribution in [0.15, 0.2) is 12.1 Å². The van der Waals surface area contributed by atoms with Gasteiger partial charge in [0, 0.05) is 0 Å². The first-order valence-corrected chi connectivity index (χ1v) is 4.76. The number of phenolic OH excluding ortho intramolecular Hbond substituents is 1. The minimum absolute atomic E-state index is 0.452. The molecular formula is C11H18F2O. The van der Waals surface area contributed by atoms with Crippen LogP contribution in [-0.2, 0) is 0 Å². The van der Waals surface area contributed by atoms with Crippen LogP contribution in [0.4, 0.5) is 8.78 Å². The second kappa shape index (κ2) is 8.48. The van der Waals surface area contributed by atoms with Crippen LogP contribution in [-0.4, -0.2) is 5.11 Å². The first-order valence-electron chi connectivity index (χ1n) is 4.76. The van der Waals surface area contributed by atoms with E-state index in [0.29, 0.717) is 5.56 Å². The van der Waals surface area contributed by atoms with Crippen LogP contribution in [0, 0.1) is 18.6 Å². The van der Waals surface area contributed by atoms with Gasteiger partial charge in [0.2, 0.25) is 0 Å². The monoisotopic (exact) mass is 204 g/mol. The fraction of sp³-hybridized carbons (Fsp3) is 0.455. The number of rotatable bonds is 0. The molecule has 1 N–H and O–H groups in total. The van der Waals surface area contributed by atoms with Crippen molar-refractivity contribution in [3.63, 3.8) is 0 Å². The number of aromatic hydroxyl groups is 1. The number of hydrogen-bond acceptors (Lipinski definition) is 1. The summed E-state index contributed by atoms with van der Waals surface area (Å²) >= 11 is 0. The van der Waals surface area contributed by atoms with Gasteiger partial charge in [0.1, 0.15) is 0 Å². The van der Waals surface area contributed by atoms with Gasteiger partial charge in [0.05, 0.1) is 0 Å². The highest BCUT2D eigenvalue weighted by Crippen LogP contribution is 2.20. The van der Waals surface area contributed by atoms with Crippen molar-refractivity contribution in [2.24, 2.45) is 0 Å². The van der Waals surface area contributed by atoms with E-state index in [2.05, 4.69) is 0 Å². The zero-order chi connectivity index (χ0) is 11.7. The van der Waals surface area contributed by atoms with Crippen molar-refractivity contribution in [3.8, 4) is 5.75 Å². The van der Waals surface area contributed by atoms with Crippen molar-refractivity contribution < 1.29 is 13.9 Å². The zero-order valence-electron chi connectivity index (χ0n) is 9.36. The molecule has 1 rings (SSSR count). The highest BCUT2D eigenvalue weighted by molar-refractivity contribution is 5.28. The molecule has 0 heterocycles. The third-order valence-corrected chi connectivity index (χ3v) is 1.16. The molecule has 0 saturated carbocycles. The van der Waals surface area contributed by atoms with Gasteiger partial charge in [-0.05, 0) is 24.6 Å². The van der Waals surface area contributed by atoms with E-state index in [1.54, 1.807) is 6.92 Å². The summed E-state index contributed by atoms with van der Waals surface area (Å²) < 4.78 is 24.7. The molecule has 82 valence electrons. The first kappa shape index (κ1) is 15.4. The summed E-state index contributed by atoms with van der Waals surface area (Å²) in [5, 5.41) is 8.58. The fourth-order valence-corrected chi connectivity index (χ4v) is 0.692. The number of phenols is 1. The molecule has 0 spiro atoms. The molecule has 0 aromatic heterocycles. The minimum atomic E-state index is -0.919. The summed E-state index contributed by atoms with van der Waals surface area (Å²) in [7, 11) is 0. The van der Waals surface area contributed by atoms with Gasteiger partial charge < -0.3 is 5.11 Å². The summed E-state index contributed by atoms with van der Waals surface area (Å²) in [6.07, 6.45) is 0. The van der Waals surface area contributed by atoms with Gasteiger partial charge in [0.15, 0.2) is 17.4 Å². The first-order chi connectivity index (χ1) is 6.61. The van der Waals surface area contributed by atoms with Gasteiger partial charge in [-0.1, -0.05) is 27.7 Å². The van der Waals surface area contributed by atoms with Gasteiger partial charge in [-0.3, -0.25) is 0 Å². The molecule has 0 aliphatic heterocycles. The van der Waals surface area contributed by atoms with Crippen molar-refractivity contribution in [3.05, 3.63) is 29.3 Å². The molecule has 1 aromatic rings. The Hall–Kier alpha value is -1.12. The molecule has 0 fully saturated rings. The van der Waals surface area contributed by atoms with E-state index in [0.717, 1.165) is 12.1 Å². The Morgan fingerprint density at radius 2 is 1.21 bits per heavy atom. The topological polar surface area (TPSA) is 20.2 Å². The van der Waals surface area contributed by atoms with E-state index < -0.39 is 17.4 Å². The van der Waals surface area contributed by atoms with Crippen LogP contribution in [0.3, 0.4) is 0 Å². The number of hydrogen-bond donors (Lipinski definition) is 1. The average Bonchev–Trinajstić information content (AvgIpc) is 2.20. The van der Waals surface area contributed by atoms with E-state index in [9.17, 15) is 8.78 Å². The molecule has 3 heteroatoms. The van der Waals surface area contributed by atoms with Crippen LogP contribution < -0.4 is 0 Å². The lowest BCUT2D eigenvalue weighted by atomic mass is 10.2. The van der Waals surface area contributed by atoms with Crippen molar-refractivity contribution in [1.29, 1.82) is 0 Å². The maximum Gasteiger partial charge on any atom is 0.187 e. The maximum atomic E-state index is 12.4. The number of aryl methyl sites for hydroxylation is 1. The molecule has 1 nitrogen and oxygen atoms in total. The van der Waals surface area contributed by atoms with Crippen molar-refractivity contribution in [2.75, 3.05) is 0 Å². The maximum absolute atomic E-state index is 12.4. The minimum Gasteiger partial charge on any atom is -0.503 e. The largest absolute Gasteiger partial charge is 0.503 e. The number of benzene rings is 1. The molecule has 0 saturated heterocycles.